The number of imide groups is 1. The minimum absolute atomic E-state index is 0.119. The summed E-state index contributed by atoms with van der Waals surface area (Å²) in [6, 6.07) is 0. The topological polar surface area (TPSA) is 89.7 Å². The van der Waals surface area contributed by atoms with Crippen molar-refractivity contribution >= 4 is 17.8 Å². The van der Waals surface area contributed by atoms with Crippen LogP contribution >= 0.6 is 0 Å². The minimum Gasteiger partial charge on any atom is -0.468 e. The number of hydrogen-bond donors (Lipinski definition) is 1. The van der Waals surface area contributed by atoms with Crippen molar-refractivity contribution in [1.82, 2.24) is 4.90 Å². The molecule has 0 saturated carbocycles. The van der Waals surface area contributed by atoms with Crippen LogP contribution in [0.1, 0.15) is 46.5 Å². The molecule has 20 heavy (non-hydrogen) atoms. The average molecular weight is 284 g/mol. The molecular weight excluding hydrogens is 260 g/mol. The highest BCUT2D eigenvalue weighted by Crippen LogP contribution is 2.31. The lowest BCUT2D eigenvalue weighted by molar-refractivity contribution is -0.147. The number of likely N-dealkylation sites (tertiary alicyclic amines) is 1. The van der Waals surface area contributed by atoms with Crippen molar-refractivity contribution < 1.29 is 19.1 Å². The molecule has 0 aromatic carbocycles. The van der Waals surface area contributed by atoms with Crippen molar-refractivity contribution in [2.75, 3.05) is 13.7 Å². The molecule has 0 aromatic heterocycles. The number of unbranched alkanes of at least 4 members (excludes halogenated alkanes) is 1. The van der Waals surface area contributed by atoms with Crippen LogP contribution in [0, 0.1) is 5.41 Å². The quantitative estimate of drug-likeness (QED) is 0.443. The summed E-state index contributed by atoms with van der Waals surface area (Å²) in [5.41, 5.74) is 4.23. The summed E-state index contributed by atoms with van der Waals surface area (Å²) < 4.78 is 4.62. The monoisotopic (exact) mass is 284 g/mol. The van der Waals surface area contributed by atoms with E-state index in [-0.39, 0.29) is 18.2 Å². The maximum atomic E-state index is 12.0. The molecule has 0 bridgehead atoms. The average Bonchev–Trinajstić information content (AvgIpc) is 2.54. The van der Waals surface area contributed by atoms with Crippen LogP contribution in [0.25, 0.3) is 0 Å². The predicted molar refractivity (Wildman–Crippen MR) is 73.6 cm³/mol. The first kappa shape index (κ1) is 16.6. The largest absolute Gasteiger partial charge is 0.468 e. The molecule has 114 valence electrons. The molecule has 1 unspecified atom stereocenters. The molecule has 6 heteroatoms. The number of rotatable bonds is 6. The van der Waals surface area contributed by atoms with Gasteiger partial charge in [-0.25, -0.2) is 0 Å². The van der Waals surface area contributed by atoms with Gasteiger partial charge in [-0.1, -0.05) is 13.8 Å². The molecule has 0 spiro atoms. The lowest BCUT2D eigenvalue weighted by Gasteiger charge is -2.22. The lowest BCUT2D eigenvalue weighted by Crippen LogP contribution is -2.45. The molecule has 1 aliphatic rings. The van der Waals surface area contributed by atoms with E-state index in [2.05, 4.69) is 4.74 Å². The summed E-state index contributed by atoms with van der Waals surface area (Å²) in [5.74, 6) is -0.693. The van der Waals surface area contributed by atoms with Gasteiger partial charge in [-0.15, -0.1) is 0 Å². The normalized spacial score (nSPS) is 20.9. The highest BCUT2D eigenvalue weighted by atomic mass is 16.5. The highest BCUT2D eigenvalue weighted by molar-refractivity contribution is 6.05. The smallest absolute Gasteiger partial charge is 0.325 e. The van der Waals surface area contributed by atoms with E-state index in [1.54, 1.807) is 20.8 Å². The zero-order chi connectivity index (χ0) is 15.6. The first-order chi connectivity index (χ1) is 9.12. The fourth-order valence-corrected chi connectivity index (χ4v) is 2.35. The van der Waals surface area contributed by atoms with Crippen LogP contribution in [-0.2, 0) is 19.1 Å². The van der Waals surface area contributed by atoms with E-state index in [0.29, 0.717) is 25.8 Å². The van der Waals surface area contributed by atoms with Crippen LogP contribution in [0.15, 0.2) is 0 Å². The van der Waals surface area contributed by atoms with Crippen LogP contribution in [-0.4, -0.2) is 41.9 Å². The van der Waals surface area contributed by atoms with Crippen molar-refractivity contribution in [3.05, 3.63) is 0 Å². The number of nitrogens with two attached hydrogens (primary N) is 1. The van der Waals surface area contributed by atoms with Gasteiger partial charge >= 0.3 is 5.97 Å². The van der Waals surface area contributed by atoms with E-state index < -0.39 is 16.9 Å². The predicted octanol–water partition coefficient (Wildman–Crippen LogP) is 0.832. The summed E-state index contributed by atoms with van der Waals surface area (Å²) in [4.78, 5) is 36.5. The van der Waals surface area contributed by atoms with E-state index in [9.17, 15) is 14.4 Å². The zero-order valence-electron chi connectivity index (χ0n) is 12.7. The van der Waals surface area contributed by atoms with Gasteiger partial charge < -0.3 is 10.5 Å². The van der Waals surface area contributed by atoms with Crippen LogP contribution in [0.5, 0.6) is 0 Å². The molecule has 0 aromatic rings. The molecular formula is C14H24N2O4. The van der Waals surface area contributed by atoms with E-state index >= 15 is 0 Å². The van der Waals surface area contributed by atoms with Gasteiger partial charge in [0.2, 0.25) is 11.8 Å². The number of hydrogen-bond acceptors (Lipinski definition) is 5. The molecule has 0 radical (unpaired) electrons. The van der Waals surface area contributed by atoms with Gasteiger partial charge in [-0.2, -0.15) is 0 Å². The Kier molecular flexibility index (Phi) is 4.91. The van der Waals surface area contributed by atoms with Gasteiger partial charge in [0.05, 0.1) is 12.5 Å². The summed E-state index contributed by atoms with van der Waals surface area (Å²) in [6.45, 7) is 5.56. The molecule has 1 heterocycles. The molecule has 1 fully saturated rings. The standard InChI is InChI=1S/C14H24N2O4/c1-13(2)9-10(17)16(11(13)18)8-6-5-7-14(3,15)12(19)20-4/h5-9,15H2,1-4H3. The summed E-state index contributed by atoms with van der Waals surface area (Å²) in [5, 5.41) is 0. The summed E-state index contributed by atoms with van der Waals surface area (Å²) in [7, 11) is 1.30. The number of ether oxygens (including phenoxy) is 1. The molecule has 2 N–H and O–H groups in total. The third-order valence-corrected chi connectivity index (χ3v) is 3.70. The first-order valence-electron chi connectivity index (χ1n) is 6.84. The van der Waals surface area contributed by atoms with E-state index in [1.165, 1.54) is 12.0 Å². The number of carbonyl (C=O) groups excluding carboxylic acids is 3. The molecule has 2 amide bonds. The fourth-order valence-electron chi connectivity index (χ4n) is 2.35. The highest BCUT2D eigenvalue weighted by Gasteiger charge is 2.44. The Morgan fingerprint density at radius 1 is 1.40 bits per heavy atom. The number of esters is 1. The van der Waals surface area contributed by atoms with Gasteiger partial charge in [0.25, 0.3) is 0 Å². The SMILES string of the molecule is COC(=O)C(C)(N)CCCCN1C(=O)CC(C)(C)C1=O. The number of methoxy groups -OCH3 is 1. The van der Waals surface area contributed by atoms with Crippen LogP contribution in [0.2, 0.25) is 0 Å². The van der Waals surface area contributed by atoms with Crippen molar-refractivity contribution in [2.24, 2.45) is 11.1 Å². The Bertz CT molecular complexity index is 415. The Balaban J connectivity index is 2.41. The molecule has 1 saturated heterocycles. The van der Waals surface area contributed by atoms with Crippen LogP contribution in [0.4, 0.5) is 0 Å². The van der Waals surface area contributed by atoms with Crippen LogP contribution in [0.3, 0.4) is 0 Å². The van der Waals surface area contributed by atoms with E-state index in [4.69, 9.17) is 5.73 Å². The molecule has 1 aliphatic heterocycles. The van der Waals surface area contributed by atoms with E-state index in [0.717, 1.165) is 0 Å². The van der Waals surface area contributed by atoms with Gasteiger partial charge in [0, 0.05) is 13.0 Å². The molecule has 6 nitrogen and oxygen atoms in total. The van der Waals surface area contributed by atoms with Gasteiger partial charge in [0.1, 0.15) is 5.54 Å². The van der Waals surface area contributed by atoms with Crippen molar-refractivity contribution in [3.63, 3.8) is 0 Å². The van der Waals surface area contributed by atoms with Gasteiger partial charge in [-0.05, 0) is 26.2 Å². The Morgan fingerprint density at radius 2 is 2.00 bits per heavy atom. The number of nitrogens with zero attached hydrogens (tertiary/aromatic N) is 1. The first-order valence-corrected chi connectivity index (χ1v) is 6.84. The fraction of sp³-hybridized carbons (Fsp3) is 0.786. The Labute approximate surface area is 119 Å². The van der Waals surface area contributed by atoms with Crippen molar-refractivity contribution in [2.45, 2.75) is 52.0 Å². The van der Waals surface area contributed by atoms with Crippen molar-refractivity contribution in [1.29, 1.82) is 0 Å². The van der Waals surface area contributed by atoms with Gasteiger partial charge in [-0.3, -0.25) is 19.3 Å². The third-order valence-electron chi connectivity index (χ3n) is 3.70. The maximum absolute atomic E-state index is 12.0. The van der Waals surface area contributed by atoms with Crippen LogP contribution < -0.4 is 5.73 Å². The Morgan fingerprint density at radius 3 is 2.45 bits per heavy atom. The molecule has 1 rings (SSSR count). The zero-order valence-corrected chi connectivity index (χ0v) is 12.7. The van der Waals surface area contributed by atoms with Gasteiger partial charge in [0.15, 0.2) is 0 Å². The third kappa shape index (κ3) is 3.56. The number of carbonyl (C=O) groups is 3. The van der Waals surface area contributed by atoms with E-state index in [1.807, 2.05) is 0 Å². The minimum atomic E-state index is -1.02. The molecule has 1 atom stereocenters. The lowest BCUT2D eigenvalue weighted by atomic mass is 9.92. The number of amides is 2. The maximum Gasteiger partial charge on any atom is 0.325 e. The Hall–Kier alpha value is -1.43. The second-order valence-corrected chi connectivity index (χ2v) is 6.28. The second-order valence-electron chi connectivity index (χ2n) is 6.28. The summed E-state index contributed by atoms with van der Waals surface area (Å²) in [6.07, 6.45) is 2.01. The van der Waals surface area contributed by atoms with Crippen molar-refractivity contribution in [3.8, 4) is 0 Å². The molecule has 0 aliphatic carbocycles. The summed E-state index contributed by atoms with van der Waals surface area (Å²) >= 11 is 0. The second kappa shape index (κ2) is 5.91.